The van der Waals surface area contributed by atoms with E-state index in [9.17, 15) is 18.4 Å². The van der Waals surface area contributed by atoms with E-state index in [1.54, 1.807) is 13.8 Å². The minimum absolute atomic E-state index is 0.117. The van der Waals surface area contributed by atoms with Gasteiger partial charge in [0.05, 0.1) is 19.3 Å². The highest BCUT2D eigenvalue weighted by Crippen LogP contribution is 2.41. The van der Waals surface area contributed by atoms with Crippen LogP contribution in [0.25, 0.3) is 5.65 Å². The Morgan fingerprint density at radius 2 is 1.97 bits per heavy atom. The van der Waals surface area contributed by atoms with Crippen molar-refractivity contribution < 1.29 is 23.1 Å². The Morgan fingerprint density at radius 3 is 2.62 bits per heavy atom. The molecule has 0 aliphatic heterocycles. The van der Waals surface area contributed by atoms with Gasteiger partial charge in [0.25, 0.3) is 5.91 Å². The Bertz CT molecular complexity index is 1450. The van der Waals surface area contributed by atoms with Gasteiger partial charge in [-0.25, -0.2) is 19.6 Å². The smallest absolute Gasteiger partial charge is 0.268 e. The van der Waals surface area contributed by atoms with Crippen LogP contribution >= 0.6 is 0 Å². The molecule has 0 unspecified atom stereocenters. The number of ether oxygens (including phenoxy) is 1. The number of fused-ring (bicyclic) bond motifs is 1. The molecule has 0 spiro atoms. The molecule has 3 aromatic rings. The van der Waals surface area contributed by atoms with E-state index in [1.165, 1.54) is 23.9 Å². The van der Waals surface area contributed by atoms with Gasteiger partial charge >= 0.3 is 0 Å². The highest BCUT2D eigenvalue weighted by Gasteiger charge is 2.29. The van der Waals surface area contributed by atoms with Gasteiger partial charge < -0.3 is 30.9 Å². The maximum atomic E-state index is 14.3. The number of halogens is 2. The number of carbonyl (C=O) groups is 2. The molecule has 2 aromatic heterocycles. The van der Waals surface area contributed by atoms with E-state index in [1.807, 2.05) is 16.8 Å². The van der Waals surface area contributed by atoms with E-state index < -0.39 is 35.4 Å². The van der Waals surface area contributed by atoms with E-state index in [0.29, 0.717) is 23.7 Å². The van der Waals surface area contributed by atoms with Gasteiger partial charge in [-0.15, -0.1) is 0 Å². The number of nitrogens with zero attached hydrogens (tertiary/aromatic N) is 3. The number of methoxy groups -OCH3 is 1. The fourth-order valence-corrected chi connectivity index (χ4v) is 4.29. The lowest BCUT2D eigenvalue weighted by atomic mass is 9.85. The molecule has 0 radical (unpaired) electrons. The van der Waals surface area contributed by atoms with Crippen LogP contribution in [-0.2, 0) is 29.1 Å². The summed E-state index contributed by atoms with van der Waals surface area (Å²) in [7, 11) is 1.26. The summed E-state index contributed by atoms with van der Waals surface area (Å²) >= 11 is 0. The zero-order chi connectivity index (χ0) is 28.5. The second kappa shape index (κ2) is 10.9. The van der Waals surface area contributed by atoms with Gasteiger partial charge in [-0.1, -0.05) is 19.9 Å². The number of imidazole rings is 1. The number of nitrogens with one attached hydrogen (secondary N) is 1. The molecule has 2 heterocycles. The average Bonchev–Trinajstić information content (AvgIpc) is 3.63. The predicted octanol–water partition coefficient (Wildman–Crippen LogP) is 2.34. The van der Waals surface area contributed by atoms with Gasteiger partial charge in [0.15, 0.2) is 11.6 Å². The first kappa shape index (κ1) is 27.8. The predicted molar refractivity (Wildman–Crippen MR) is 141 cm³/mol. The summed E-state index contributed by atoms with van der Waals surface area (Å²) in [5.74, 6) is 3.54. The summed E-state index contributed by atoms with van der Waals surface area (Å²) in [6.07, 6.45) is 7.73. The Hall–Kier alpha value is -4.19. The lowest BCUT2D eigenvalue weighted by Crippen LogP contribution is -2.33. The zero-order valence-corrected chi connectivity index (χ0v) is 22.1. The van der Waals surface area contributed by atoms with Gasteiger partial charge in [0.1, 0.15) is 17.2 Å². The second-order valence-corrected chi connectivity index (χ2v) is 10.4. The molecule has 208 valence electrons. The largest absolute Gasteiger partial charge is 0.494 e. The molecule has 0 saturated heterocycles. The van der Waals surface area contributed by atoms with Crippen LogP contribution in [0.1, 0.15) is 55.0 Å². The summed E-state index contributed by atoms with van der Waals surface area (Å²) in [6.45, 7) is 3.28. The van der Waals surface area contributed by atoms with Crippen molar-refractivity contribution in [3.8, 4) is 5.75 Å². The quantitative estimate of drug-likeness (QED) is 0.165. The van der Waals surface area contributed by atoms with Crippen molar-refractivity contribution in [1.82, 2.24) is 19.7 Å². The number of amides is 2. The van der Waals surface area contributed by atoms with E-state index in [2.05, 4.69) is 11.4 Å². The summed E-state index contributed by atoms with van der Waals surface area (Å²) in [5, 5.41) is 3.57. The van der Waals surface area contributed by atoms with Crippen molar-refractivity contribution in [1.29, 1.82) is 0 Å². The number of benzene rings is 1. The fraction of sp³-hybridized carbons (Fsp3) is 0.370. The number of carbonyl (C=O) groups excluding carboxylic acids is 2. The molecule has 1 aliphatic carbocycles. The molecule has 1 saturated carbocycles. The highest BCUT2D eigenvalue weighted by molar-refractivity contribution is 5.92. The third kappa shape index (κ3) is 6.28. The number of hydrogen-bond donors (Lipinski definition) is 4. The number of primary amides is 1. The fourth-order valence-electron chi connectivity index (χ4n) is 4.29. The number of aromatic nitrogens is 2. The maximum Gasteiger partial charge on any atom is 0.268 e. The molecule has 7 N–H and O–H groups in total. The van der Waals surface area contributed by atoms with Crippen molar-refractivity contribution in [2.75, 3.05) is 7.11 Å². The first-order chi connectivity index (χ1) is 18.4. The highest BCUT2D eigenvalue weighted by atomic mass is 19.1. The van der Waals surface area contributed by atoms with Crippen molar-refractivity contribution in [2.45, 2.75) is 52.1 Å². The zero-order valence-electron chi connectivity index (χ0n) is 22.1. The second-order valence-electron chi connectivity index (χ2n) is 10.4. The normalized spacial score (nSPS) is 13.9. The molecule has 10 nitrogen and oxygen atoms in total. The van der Waals surface area contributed by atoms with Gasteiger partial charge in [-0.2, -0.15) is 0 Å². The number of hydrogen-bond acceptors (Lipinski definition) is 7. The van der Waals surface area contributed by atoms with Crippen LogP contribution in [0.5, 0.6) is 5.75 Å². The standard InChI is InChI=1S/C27H33F2N7O3/c1-27(2,26(31)38)9-16-8-17(15-4-5-15)11-35-12-18(34-24(16)35)13-36(32)14-21(30)25(37)33-10-19-20(28)6-7-22(39-3)23(19)29/h6-8,11-12,14-15H,4-5,9-10,13,30,32H2,1-3H3,(H2,31,38)(H,33,37)/b21-14-. The lowest BCUT2D eigenvalue weighted by Gasteiger charge is -2.21. The third-order valence-electron chi connectivity index (χ3n) is 6.75. The number of hydrazine groups is 1. The molecule has 4 rings (SSSR count). The van der Waals surface area contributed by atoms with Crippen molar-refractivity contribution in [2.24, 2.45) is 22.7 Å². The van der Waals surface area contributed by atoms with Gasteiger partial charge in [0, 0.05) is 36.1 Å². The van der Waals surface area contributed by atoms with E-state index in [-0.39, 0.29) is 23.6 Å². The first-order valence-corrected chi connectivity index (χ1v) is 12.5. The van der Waals surface area contributed by atoms with Crippen LogP contribution in [0.2, 0.25) is 0 Å². The van der Waals surface area contributed by atoms with Crippen molar-refractivity contribution in [3.63, 3.8) is 0 Å². The minimum atomic E-state index is -0.906. The van der Waals surface area contributed by atoms with E-state index in [0.717, 1.165) is 30.5 Å². The average molecular weight is 542 g/mol. The molecular weight excluding hydrogens is 508 g/mol. The summed E-state index contributed by atoms with van der Waals surface area (Å²) < 4.78 is 35.1. The molecule has 0 atom stereocenters. The molecule has 1 aromatic carbocycles. The number of rotatable bonds is 11. The molecule has 39 heavy (non-hydrogen) atoms. The minimum Gasteiger partial charge on any atom is -0.494 e. The molecule has 12 heteroatoms. The maximum absolute atomic E-state index is 14.3. The first-order valence-electron chi connectivity index (χ1n) is 12.5. The van der Waals surface area contributed by atoms with E-state index in [4.69, 9.17) is 27.0 Å². The van der Waals surface area contributed by atoms with Crippen molar-refractivity contribution in [3.05, 3.63) is 76.5 Å². The Labute approximate surface area is 224 Å². The summed E-state index contributed by atoms with van der Waals surface area (Å²) in [6, 6.07) is 4.29. The van der Waals surface area contributed by atoms with Gasteiger partial charge in [-0.3, -0.25) is 9.59 Å². The van der Waals surface area contributed by atoms with Crippen LogP contribution in [0.3, 0.4) is 0 Å². The lowest BCUT2D eigenvalue weighted by molar-refractivity contribution is -0.126. The van der Waals surface area contributed by atoms with Crippen LogP contribution in [-0.4, -0.2) is 33.3 Å². The van der Waals surface area contributed by atoms with Crippen LogP contribution in [0.15, 0.2) is 42.5 Å². The topological polar surface area (TPSA) is 154 Å². The Balaban J connectivity index is 1.48. The number of pyridine rings is 1. The third-order valence-corrected chi connectivity index (χ3v) is 6.75. The van der Waals surface area contributed by atoms with Gasteiger partial charge in [-0.05, 0) is 48.4 Å². The Morgan fingerprint density at radius 1 is 1.26 bits per heavy atom. The molecule has 1 aliphatic rings. The number of nitrogens with two attached hydrogens (primary N) is 3. The van der Waals surface area contributed by atoms with Crippen LogP contribution in [0.4, 0.5) is 8.78 Å². The summed E-state index contributed by atoms with van der Waals surface area (Å²) in [4.78, 5) is 29.1. The van der Waals surface area contributed by atoms with Gasteiger partial charge in [0.2, 0.25) is 5.91 Å². The summed E-state index contributed by atoms with van der Waals surface area (Å²) in [5.41, 5.74) is 13.5. The Kier molecular flexibility index (Phi) is 7.77. The molecule has 1 fully saturated rings. The molecule has 0 bridgehead atoms. The van der Waals surface area contributed by atoms with Crippen LogP contribution in [0, 0.1) is 17.0 Å². The van der Waals surface area contributed by atoms with Crippen LogP contribution < -0.4 is 27.4 Å². The molecule has 2 amide bonds. The van der Waals surface area contributed by atoms with E-state index >= 15 is 0 Å². The van der Waals surface area contributed by atoms with Crippen molar-refractivity contribution >= 4 is 17.5 Å². The molecular formula is C27H33F2N7O3. The SMILES string of the molecule is COc1ccc(F)c(CNC(=O)/C(N)=C/N(N)Cc2cn3cc(C4CC4)cc(CC(C)(C)C(N)=O)c3n2)c1F. The monoisotopic (exact) mass is 541 g/mol.